The molecular weight excluding hydrogens is 286 g/mol. The zero-order chi connectivity index (χ0) is 15.1. The standard InChI is InChI=1S/C16H17NO3S/c1-2-3-10-20-12-8-9-13-14(11-12)21-15(17-13)6-4-5-7-16(18)19/h4-9,11H,2-3,10H2,1H3,(H,18,19)/b6-4+,7-5+. The van der Waals surface area contributed by atoms with Crippen molar-refractivity contribution >= 4 is 33.6 Å². The van der Waals surface area contributed by atoms with Gasteiger partial charge in [0, 0.05) is 6.08 Å². The zero-order valence-corrected chi connectivity index (χ0v) is 12.6. The third-order valence-corrected chi connectivity index (χ3v) is 3.72. The van der Waals surface area contributed by atoms with E-state index in [0.717, 1.165) is 46.5 Å². The van der Waals surface area contributed by atoms with Gasteiger partial charge >= 0.3 is 5.97 Å². The highest BCUT2D eigenvalue weighted by Crippen LogP contribution is 2.27. The summed E-state index contributed by atoms with van der Waals surface area (Å²) < 4.78 is 6.73. The maximum atomic E-state index is 10.3. The van der Waals surface area contributed by atoms with E-state index in [4.69, 9.17) is 9.84 Å². The molecule has 2 rings (SSSR count). The number of rotatable bonds is 7. The summed E-state index contributed by atoms with van der Waals surface area (Å²) in [6, 6.07) is 5.86. The maximum Gasteiger partial charge on any atom is 0.328 e. The van der Waals surface area contributed by atoms with E-state index in [9.17, 15) is 4.79 Å². The van der Waals surface area contributed by atoms with Crippen LogP contribution >= 0.6 is 11.3 Å². The molecule has 0 unspecified atom stereocenters. The molecule has 1 N–H and O–H groups in total. The van der Waals surface area contributed by atoms with Crippen molar-refractivity contribution in [3.63, 3.8) is 0 Å². The number of ether oxygens (including phenoxy) is 1. The Bertz CT molecular complexity index is 673. The highest BCUT2D eigenvalue weighted by atomic mass is 32.1. The summed E-state index contributed by atoms with van der Waals surface area (Å²) >= 11 is 1.55. The first-order chi connectivity index (χ1) is 10.2. The van der Waals surface area contributed by atoms with Crippen molar-refractivity contribution in [3.05, 3.63) is 41.4 Å². The molecule has 0 radical (unpaired) electrons. The average Bonchev–Trinajstić information content (AvgIpc) is 2.86. The molecule has 0 saturated carbocycles. The van der Waals surface area contributed by atoms with Crippen LogP contribution in [0.25, 0.3) is 16.3 Å². The van der Waals surface area contributed by atoms with Crippen LogP contribution in [-0.4, -0.2) is 22.7 Å². The lowest BCUT2D eigenvalue weighted by molar-refractivity contribution is -0.131. The molecule has 0 atom stereocenters. The molecule has 0 saturated heterocycles. The molecule has 2 aromatic rings. The number of nitrogens with zero attached hydrogens (tertiary/aromatic N) is 1. The molecular formula is C16H17NO3S. The second kappa shape index (κ2) is 7.59. The summed E-state index contributed by atoms with van der Waals surface area (Å²) in [7, 11) is 0. The molecule has 4 nitrogen and oxygen atoms in total. The largest absolute Gasteiger partial charge is 0.494 e. The normalized spacial score (nSPS) is 11.7. The number of benzene rings is 1. The molecule has 21 heavy (non-hydrogen) atoms. The van der Waals surface area contributed by atoms with Gasteiger partial charge in [-0.2, -0.15) is 0 Å². The molecule has 0 aliphatic rings. The number of hydrogen-bond donors (Lipinski definition) is 1. The van der Waals surface area contributed by atoms with Gasteiger partial charge < -0.3 is 9.84 Å². The smallest absolute Gasteiger partial charge is 0.328 e. The fraction of sp³-hybridized carbons (Fsp3) is 0.250. The number of fused-ring (bicyclic) bond motifs is 1. The SMILES string of the molecule is CCCCOc1ccc2nc(/C=C/C=C/C(=O)O)sc2c1. The lowest BCUT2D eigenvalue weighted by Crippen LogP contribution is -1.95. The van der Waals surface area contributed by atoms with Gasteiger partial charge in [-0.1, -0.05) is 25.5 Å². The molecule has 1 heterocycles. The first kappa shape index (κ1) is 15.3. The van der Waals surface area contributed by atoms with E-state index in [1.54, 1.807) is 23.5 Å². The van der Waals surface area contributed by atoms with E-state index in [-0.39, 0.29) is 0 Å². The predicted molar refractivity (Wildman–Crippen MR) is 85.8 cm³/mol. The lowest BCUT2D eigenvalue weighted by atomic mass is 10.3. The maximum absolute atomic E-state index is 10.3. The summed E-state index contributed by atoms with van der Waals surface area (Å²) in [6.07, 6.45) is 8.19. The summed E-state index contributed by atoms with van der Waals surface area (Å²) in [5.74, 6) is -0.0984. The molecule has 0 aliphatic carbocycles. The molecule has 110 valence electrons. The number of thiazole rings is 1. The van der Waals surface area contributed by atoms with Gasteiger partial charge in [-0.3, -0.25) is 0 Å². The number of unbranched alkanes of at least 4 members (excludes halogenated alkanes) is 1. The molecule has 1 aromatic heterocycles. The van der Waals surface area contributed by atoms with Crippen LogP contribution in [-0.2, 0) is 4.79 Å². The van der Waals surface area contributed by atoms with E-state index >= 15 is 0 Å². The quantitative estimate of drug-likeness (QED) is 0.474. The van der Waals surface area contributed by atoms with Crippen molar-refractivity contribution in [1.29, 1.82) is 0 Å². The van der Waals surface area contributed by atoms with Crippen LogP contribution < -0.4 is 4.74 Å². The number of aliphatic carboxylic acids is 1. The van der Waals surface area contributed by atoms with Gasteiger partial charge in [-0.15, -0.1) is 11.3 Å². The van der Waals surface area contributed by atoms with Crippen LogP contribution in [0.5, 0.6) is 5.75 Å². The van der Waals surface area contributed by atoms with Gasteiger partial charge in [-0.25, -0.2) is 9.78 Å². The highest BCUT2D eigenvalue weighted by Gasteiger charge is 2.03. The third kappa shape index (κ3) is 4.72. The topological polar surface area (TPSA) is 59.4 Å². The van der Waals surface area contributed by atoms with Gasteiger partial charge in [0.05, 0.1) is 16.8 Å². The number of hydrogen-bond acceptors (Lipinski definition) is 4. The van der Waals surface area contributed by atoms with Crippen molar-refractivity contribution in [2.24, 2.45) is 0 Å². The third-order valence-electron chi connectivity index (χ3n) is 2.73. The van der Waals surface area contributed by atoms with Crippen LogP contribution in [0.3, 0.4) is 0 Å². The van der Waals surface area contributed by atoms with Crippen molar-refractivity contribution < 1.29 is 14.6 Å². The molecule has 5 heteroatoms. The molecule has 0 fully saturated rings. The Labute approximate surface area is 127 Å². The van der Waals surface area contributed by atoms with Crippen LogP contribution in [0.2, 0.25) is 0 Å². The van der Waals surface area contributed by atoms with Crippen molar-refractivity contribution in [2.45, 2.75) is 19.8 Å². The van der Waals surface area contributed by atoms with Gasteiger partial charge in [0.25, 0.3) is 0 Å². The Morgan fingerprint density at radius 2 is 2.29 bits per heavy atom. The Hall–Kier alpha value is -2.14. The minimum Gasteiger partial charge on any atom is -0.494 e. The zero-order valence-electron chi connectivity index (χ0n) is 11.8. The van der Waals surface area contributed by atoms with Crippen molar-refractivity contribution in [2.75, 3.05) is 6.61 Å². The average molecular weight is 303 g/mol. The second-order valence-corrected chi connectivity index (χ2v) is 5.50. The van der Waals surface area contributed by atoms with Crippen LogP contribution in [0, 0.1) is 0 Å². The second-order valence-electron chi connectivity index (χ2n) is 4.44. The van der Waals surface area contributed by atoms with Crippen LogP contribution in [0.4, 0.5) is 0 Å². The first-order valence-electron chi connectivity index (χ1n) is 6.80. The number of carbonyl (C=O) groups is 1. The van der Waals surface area contributed by atoms with E-state index < -0.39 is 5.97 Å². The lowest BCUT2D eigenvalue weighted by Gasteiger charge is -2.04. The Kier molecular flexibility index (Phi) is 5.51. The predicted octanol–water partition coefficient (Wildman–Crippen LogP) is 4.13. The van der Waals surface area contributed by atoms with Crippen LogP contribution in [0.15, 0.2) is 36.4 Å². The molecule has 0 amide bonds. The first-order valence-corrected chi connectivity index (χ1v) is 7.61. The number of aromatic nitrogens is 1. The van der Waals surface area contributed by atoms with Gasteiger partial charge in [0.2, 0.25) is 0 Å². The molecule has 0 spiro atoms. The number of carboxylic acids is 1. The monoisotopic (exact) mass is 303 g/mol. The minimum absolute atomic E-state index is 0.730. The van der Waals surface area contributed by atoms with E-state index in [1.807, 2.05) is 18.2 Å². The summed E-state index contributed by atoms with van der Waals surface area (Å²) in [5, 5.41) is 9.34. The van der Waals surface area contributed by atoms with E-state index in [2.05, 4.69) is 11.9 Å². The van der Waals surface area contributed by atoms with Crippen molar-refractivity contribution in [3.8, 4) is 5.75 Å². The Balaban J connectivity index is 2.08. The fourth-order valence-electron chi connectivity index (χ4n) is 1.69. The van der Waals surface area contributed by atoms with Gasteiger partial charge in [-0.05, 0) is 30.7 Å². The molecule has 0 aliphatic heterocycles. The van der Waals surface area contributed by atoms with Gasteiger partial charge in [0.1, 0.15) is 10.8 Å². The van der Waals surface area contributed by atoms with Gasteiger partial charge in [0.15, 0.2) is 0 Å². The van der Waals surface area contributed by atoms with Crippen LogP contribution in [0.1, 0.15) is 24.8 Å². The molecule has 1 aromatic carbocycles. The molecule has 0 bridgehead atoms. The van der Waals surface area contributed by atoms with E-state index in [1.165, 1.54) is 6.08 Å². The Morgan fingerprint density at radius 1 is 1.43 bits per heavy atom. The van der Waals surface area contributed by atoms with Crippen molar-refractivity contribution in [1.82, 2.24) is 4.98 Å². The number of carboxylic acid groups (broad SMARTS) is 1. The summed E-state index contributed by atoms with van der Waals surface area (Å²) in [6.45, 7) is 2.86. The highest BCUT2D eigenvalue weighted by molar-refractivity contribution is 7.19. The minimum atomic E-state index is -0.960. The summed E-state index contributed by atoms with van der Waals surface area (Å²) in [5.41, 5.74) is 0.921. The number of allylic oxidation sites excluding steroid dienone is 2. The van der Waals surface area contributed by atoms with E-state index in [0.29, 0.717) is 0 Å². The summed E-state index contributed by atoms with van der Waals surface area (Å²) in [4.78, 5) is 14.8. The Morgan fingerprint density at radius 3 is 3.05 bits per heavy atom. The fourth-order valence-corrected chi connectivity index (χ4v) is 2.60.